The number of rotatable bonds is 5. The van der Waals surface area contributed by atoms with Gasteiger partial charge in [-0.15, -0.1) is 0 Å². The van der Waals surface area contributed by atoms with Gasteiger partial charge in [-0.3, -0.25) is 4.79 Å². The number of benzene rings is 2. The van der Waals surface area contributed by atoms with Crippen molar-refractivity contribution in [1.29, 1.82) is 0 Å². The van der Waals surface area contributed by atoms with Crippen molar-refractivity contribution >= 4 is 5.97 Å². The molecule has 0 N–H and O–H groups in total. The number of hydrogen-bond acceptors (Lipinski definition) is 3. The maximum Gasteiger partial charge on any atom is 0.439 e. The van der Waals surface area contributed by atoms with Gasteiger partial charge < -0.3 is 9.47 Å². The number of halogens is 1. The third kappa shape index (κ3) is 3.21. The normalized spacial score (nSPS) is 16.8. The van der Waals surface area contributed by atoms with Gasteiger partial charge in [-0.2, -0.15) is 4.39 Å². The summed E-state index contributed by atoms with van der Waals surface area (Å²) in [4.78, 5) is 11.8. The zero-order chi connectivity index (χ0) is 14.7. The molecular formula is C17H15FO3. The van der Waals surface area contributed by atoms with Crippen molar-refractivity contribution in [3.63, 3.8) is 0 Å². The van der Waals surface area contributed by atoms with Gasteiger partial charge in [0.2, 0.25) is 0 Å². The highest BCUT2D eigenvalue weighted by Gasteiger charge is 2.43. The third-order valence-corrected chi connectivity index (χ3v) is 3.25. The van der Waals surface area contributed by atoms with E-state index < -0.39 is 12.0 Å². The molecule has 0 aromatic heterocycles. The summed E-state index contributed by atoms with van der Waals surface area (Å²) in [6, 6.07) is 14.0. The van der Waals surface area contributed by atoms with Crippen molar-refractivity contribution in [3.8, 4) is 5.75 Å². The van der Waals surface area contributed by atoms with Crippen molar-refractivity contribution in [2.75, 3.05) is 0 Å². The Labute approximate surface area is 122 Å². The molecule has 21 heavy (non-hydrogen) atoms. The molecule has 1 aliphatic rings. The smallest absolute Gasteiger partial charge is 0.423 e. The van der Waals surface area contributed by atoms with E-state index in [2.05, 4.69) is 0 Å². The highest BCUT2D eigenvalue weighted by Crippen LogP contribution is 2.36. The molecular weight excluding hydrogens is 271 g/mol. The van der Waals surface area contributed by atoms with Crippen LogP contribution in [0.25, 0.3) is 0 Å². The first kappa shape index (κ1) is 13.6. The van der Waals surface area contributed by atoms with E-state index in [1.54, 1.807) is 48.5 Å². The molecule has 1 atom stereocenters. The predicted molar refractivity (Wildman–Crippen MR) is 75.1 cm³/mol. The summed E-state index contributed by atoms with van der Waals surface area (Å²) in [7, 11) is 0. The Morgan fingerprint density at radius 2 is 1.57 bits per heavy atom. The molecule has 2 aromatic rings. The van der Waals surface area contributed by atoms with Crippen LogP contribution in [0.15, 0.2) is 60.7 Å². The molecule has 4 heteroatoms. The Morgan fingerprint density at radius 1 is 1.00 bits per heavy atom. The second-order valence-corrected chi connectivity index (χ2v) is 5.01. The lowest BCUT2D eigenvalue weighted by molar-refractivity contribution is -0.269. The molecule has 0 heterocycles. The van der Waals surface area contributed by atoms with Crippen LogP contribution >= 0.6 is 0 Å². The lowest BCUT2D eigenvalue weighted by atomic mass is 10.2. The molecule has 108 valence electrons. The van der Waals surface area contributed by atoms with Crippen molar-refractivity contribution in [2.45, 2.75) is 18.9 Å². The van der Waals surface area contributed by atoms with Crippen LogP contribution < -0.4 is 4.74 Å². The van der Waals surface area contributed by atoms with Crippen LogP contribution in [0.1, 0.15) is 18.4 Å². The SMILES string of the molecule is O=C(OC(F)(Oc1ccccc1)c1ccccc1)C1CC1. The van der Waals surface area contributed by atoms with Gasteiger partial charge in [0.05, 0.1) is 11.5 Å². The summed E-state index contributed by atoms with van der Waals surface area (Å²) in [6.07, 6.45) is 1.49. The summed E-state index contributed by atoms with van der Waals surface area (Å²) in [5, 5.41) is 0. The van der Waals surface area contributed by atoms with Crippen molar-refractivity contribution in [1.82, 2.24) is 0 Å². The van der Waals surface area contributed by atoms with Crippen LogP contribution in [0.2, 0.25) is 0 Å². The van der Waals surface area contributed by atoms with Crippen LogP contribution in [-0.4, -0.2) is 5.97 Å². The molecule has 3 rings (SSSR count). The Kier molecular flexibility index (Phi) is 3.60. The van der Waals surface area contributed by atoms with Crippen LogP contribution in [0.3, 0.4) is 0 Å². The third-order valence-electron chi connectivity index (χ3n) is 3.25. The van der Waals surface area contributed by atoms with E-state index in [1.807, 2.05) is 0 Å². The summed E-state index contributed by atoms with van der Waals surface area (Å²) in [5.74, 6) is -0.465. The fourth-order valence-electron chi connectivity index (χ4n) is 1.95. The maximum atomic E-state index is 15.2. The molecule has 0 saturated heterocycles. The molecule has 0 spiro atoms. The molecule has 2 aromatic carbocycles. The Bertz CT molecular complexity index is 610. The summed E-state index contributed by atoms with van der Waals surface area (Å²) in [6.45, 7) is 0. The Hall–Kier alpha value is -2.36. The van der Waals surface area contributed by atoms with Gasteiger partial charge in [-0.1, -0.05) is 36.4 Å². The average Bonchev–Trinajstić information content (AvgIpc) is 3.34. The molecule has 1 unspecified atom stereocenters. The molecule has 0 bridgehead atoms. The van der Waals surface area contributed by atoms with Crippen molar-refractivity contribution in [2.24, 2.45) is 5.92 Å². The zero-order valence-electron chi connectivity index (χ0n) is 11.4. The highest BCUT2D eigenvalue weighted by molar-refractivity contribution is 5.75. The monoisotopic (exact) mass is 286 g/mol. The van der Waals surface area contributed by atoms with E-state index in [1.165, 1.54) is 12.1 Å². The van der Waals surface area contributed by atoms with Gasteiger partial charge in [0.25, 0.3) is 0 Å². The van der Waals surface area contributed by atoms with E-state index in [0.29, 0.717) is 5.75 Å². The van der Waals surface area contributed by atoms with Crippen LogP contribution in [0, 0.1) is 5.92 Å². The van der Waals surface area contributed by atoms with E-state index in [4.69, 9.17) is 9.47 Å². The average molecular weight is 286 g/mol. The molecule has 1 saturated carbocycles. The minimum atomic E-state index is -2.61. The Morgan fingerprint density at radius 3 is 2.14 bits per heavy atom. The largest absolute Gasteiger partial charge is 0.439 e. The number of esters is 1. The van der Waals surface area contributed by atoms with Crippen molar-refractivity contribution < 1.29 is 18.7 Å². The lowest BCUT2D eigenvalue weighted by Crippen LogP contribution is -2.34. The van der Waals surface area contributed by atoms with E-state index >= 15 is 4.39 Å². The fourth-order valence-corrected chi connectivity index (χ4v) is 1.95. The first-order valence-electron chi connectivity index (χ1n) is 6.89. The number of carbonyl (C=O) groups is 1. The summed E-state index contributed by atoms with van der Waals surface area (Å²) < 4.78 is 25.5. The molecule has 0 amide bonds. The van der Waals surface area contributed by atoms with Crippen LogP contribution in [0.5, 0.6) is 5.75 Å². The number of para-hydroxylation sites is 1. The second-order valence-electron chi connectivity index (χ2n) is 5.01. The first-order valence-corrected chi connectivity index (χ1v) is 6.89. The number of carbonyl (C=O) groups excluding carboxylic acids is 1. The van der Waals surface area contributed by atoms with E-state index in [-0.39, 0.29) is 11.5 Å². The first-order chi connectivity index (χ1) is 10.2. The van der Waals surface area contributed by atoms with Crippen molar-refractivity contribution in [3.05, 3.63) is 66.2 Å². The standard InChI is InChI=1S/C17H15FO3/c18-17(14-7-3-1-4-8-14,21-16(19)13-11-12-13)20-15-9-5-2-6-10-15/h1-10,13H,11-12H2. The topological polar surface area (TPSA) is 35.5 Å². The molecule has 1 fully saturated rings. The van der Waals surface area contributed by atoms with Gasteiger partial charge in [0, 0.05) is 0 Å². The van der Waals surface area contributed by atoms with Gasteiger partial charge >= 0.3 is 12.0 Å². The fraction of sp³-hybridized carbons (Fsp3) is 0.235. The molecule has 0 aliphatic heterocycles. The lowest BCUT2D eigenvalue weighted by Gasteiger charge is -2.26. The molecule has 1 aliphatic carbocycles. The quantitative estimate of drug-likeness (QED) is 0.619. The van der Waals surface area contributed by atoms with Crippen LogP contribution in [-0.2, 0) is 15.6 Å². The van der Waals surface area contributed by atoms with E-state index in [0.717, 1.165) is 12.8 Å². The Balaban J connectivity index is 1.88. The summed E-state index contributed by atoms with van der Waals surface area (Å²) in [5.41, 5.74) is 0.155. The van der Waals surface area contributed by atoms with Gasteiger partial charge in [-0.25, -0.2) is 0 Å². The summed E-state index contributed by atoms with van der Waals surface area (Å²) >= 11 is 0. The van der Waals surface area contributed by atoms with Gasteiger partial charge in [0.15, 0.2) is 0 Å². The maximum absolute atomic E-state index is 15.2. The predicted octanol–water partition coefficient (Wildman–Crippen LogP) is 3.80. The highest BCUT2D eigenvalue weighted by atomic mass is 19.2. The minimum absolute atomic E-state index is 0.155. The van der Waals surface area contributed by atoms with Gasteiger partial charge in [-0.05, 0) is 37.1 Å². The zero-order valence-corrected chi connectivity index (χ0v) is 11.4. The number of ether oxygens (including phenoxy) is 2. The number of hydrogen-bond donors (Lipinski definition) is 0. The second kappa shape index (κ2) is 5.56. The van der Waals surface area contributed by atoms with E-state index in [9.17, 15) is 4.79 Å². The number of alkyl halides is 1. The van der Waals surface area contributed by atoms with Crippen LogP contribution in [0.4, 0.5) is 4.39 Å². The minimum Gasteiger partial charge on any atom is -0.423 e. The molecule has 0 radical (unpaired) electrons. The molecule has 3 nitrogen and oxygen atoms in total. The van der Waals surface area contributed by atoms with Gasteiger partial charge in [0.1, 0.15) is 5.75 Å².